The molecule has 56 heavy (non-hydrogen) atoms. The summed E-state index contributed by atoms with van der Waals surface area (Å²) in [6.07, 6.45) is 1.58. The molecule has 4 nitrogen and oxygen atoms in total. The molecule has 278 valence electrons. The van der Waals surface area contributed by atoms with Crippen molar-refractivity contribution in [3.05, 3.63) is 181 Å². The fraction of sp³-hybridized carbons (Fsp3) is 0.0833. The Morgan fingerprint density at radius 1 is 0.375 bits per heavy atom. The summed E-state index contributed by atoms with van der Waals surface area (Å²) in [6, 6.07) is 57.7. The van der Waals surface area contributed by atoms with Gasteiger partial charge in [-0.25, -0.2) is 0 Å². The summed E-state index contributed by atoms with van der Waals surface area (Å²) in [7, 11) is -1.85. The number of hydrogen-bond acceptors (Lipinski definition) is 6. The van der Waals surface area contributed by atoms with Gasteiger partial charge in [-0.3, -0.25) is 0 Å². The van der Waals surface area contributed by atoms with Gasteiger partial charge in [0.05, 0.1) is 22.5 Å². The quantitative estimate of drug-likeness (QED) is 0.0800. The van der Waals surface area contributed by atoms with Gasteiger partial charge in [-0.1, -0.05) is 158 Å². The Labute approximate surface area is 338 Å². The summed E-state index contributed by atoms with van der Waals surface area (Å²) in [5.74, 6) is 2.13. The molecule has 6 aromatic carbocycles. The molecule has 8 rings (SSSR count). The van der Waals surface area contributed by atoms with E-state index in [1.807, 2.05) is 72.8 Å². The van der Waals surface area contributed by atoms with E-state index in [-0.39, 0.29) is 0 Å². The number of thiophene rings is 2. The summed E-state index contributed by atoms with van der Waals surface area (Å²) in [6.45, 7) is 1.02. The van der Waals surface area contributed by atoms with Crippen molar-refractivity contribution in [3.63, 3.8) is 0 Å². The fourth-order valence-corrected chi connectivity index (χ4v) is 14.5. The van der Waals surface area contributed by atoms with Crippen LogP contribution in [-0.4, -0.2) is 23.4 Å². The Morgan fingerprint density at radius 3 is 1.02 bits per heavy atom. The first-order chi connectivity index (χ1) is 27.7. The molecule has 2 aromatic heterocycles. The molecule has 2 heterocycles. The molecule has 0 atom stereocenters. The van der Waals surface area contributed by atoms with Gasteiger partial charge >= 0.3 is 0 Å². The lowest BCUT2D eigenvalue weighted by atomic mass is 10.1. The highest BCUT2D eigenvalue weighted by molar-refractivity contribution is 7.84. The van der Waals surface area contributed by atoms with Crippen molar-refractivity contribution in [1.82, 2.24) is 0 Å². The maximum absolute atomic E-state index is 11.7. The predicted molar refractivity (Wildman–Crippen MR) is 240 cm³/mol. The third-order valence-corrected chi connectivity index (χ3v) is 17.1. The first-order valence-corrected chi connectivity index (χ1v) is 23.0. The van der Waals surface area contributed by atoms with Crippen LogP contribution in [-0.2, 0) is 0 Å². The van der Waals surface area contributed by atoms with Crippen LogP contribution in [0.25, 0.3) is 22.3 Å². The Kier molecular flexibility index (Phi) is 12.2. The van der Waals surface area contributed by atoms with Crippen LogP contribution < -0.4 is 39.9 Å². The van der Waals surface area contributed by atoms with Crippen LogP contribution in [0, 0.1) is 0 Å². The lowest BCUT2D eigenvalue weighted by Gasteiger charge is -2.18. The third-order valence-electron chi connectivity index (χ3n) is 9.36. The Hall–Kier alpha value is -5.22. The Balaban J connectivity index is 0.928. The highest BCUT2D eigenvalue weighted by Crippen LogP contribution is 2.47. The van der Waals surface area contributed by atoms with Crippen molar-refractivity contribution in [2.45, 2.75) is 12.8 Å². The minimum Gasteiger partial charge on any atom is -0.506 e. The van der Waals surface area contributed by atoms with Crippen molar-refractivity contribution >= 4 is 69.0 Å². The number of benzene rings is 6. The van der Waals surface area contributed by atoms with Gasteiger partial charge in [0.25, 0.3) is 0 Å². The summed E-state index contributed by atoms with van der Waals surface area (Å²) >= 11 is 3.21. The van der Waals surface area contributed by atoms with Gasteiger partial charge in [0.2, 0.25) is 0 Å². The van der Waals surface area contributed by atoms with Gasteiger partial charge in [0.15, 0.2) is 0 Å². The number of ether oxygens (including phenoxy) is 2. The third kappa shape index (κ3) is 8.31. The molecule has 0 saturated carbocycles. The molecule has 0 fully saturated rings. The van der Waals surface area contributed by atoms with E-state index >= 15 is 0 Å². The molecule has 8 aromatic rings. The van der Waals surface area contributed by atoms with Crippen LogP contribution in [0.15, 0.2) is 181 Å². The zero-order valence-electron chi connectivity index (χ0n) is 30.6. The first-order valence-electron chi connectivity index (χ1n) is 18.5. The van der Waals surface area contributed by atoms with Crippen LogP contribution in [0.4, 0.5) is 0 Å². The van der Waals surface area contributed by atoms with Crippen LogP contribution >= 0.6 is 38.5 Å². The van der Waals surface area contributed by atoms with Crippen molar-refractivity contribution in [2.24, 2.45) is 0 Å². The first kappa shape index (κ1) is 37.7. The second-order valence-electron chi connectivity index (χ2n) is 13.0. The lowest BCUT2D eigenvalue weighted by molar-refractivity contribution is 0.267. The van der Waals surface area contributed by atoms with Gasteiger partial charge in [-0.2, -0.15) is 0 Å². The Bertz CT molecular complexity index is 2220. The normalized spacial score (nSPS) is 11.2. The summed E-state index contributed by atoms with van der Waals surface area (Å²) in [4.78, 5) is 0. The molecule has 0 bridgehead atoms. The topological polar surface area (TPSA) is 58.9 Å². The smallest absolute Gasteiger partial charge is 0.142 e. The number of para-hydroxylation sites is 2. The molecular formula is C48H40O4P2S2. The SMILES string of the molecule is Oc1c(-c2ccccc2OCCCCOc2ccccc2-c2csc(P(c3ccccc3)c3ccccc3)c2O)csc1P(c1ccccc1)c1ccccc1. The summed E-state index contributed by atoms with van der Waals surface area (Å²) < 4.78 is 14.7. The zero-order chi connectivity index (χ0) is 38.1. The van der Waals surface area contributed by atoms with Gasteiger partial charge in [-0.05, 0) is 46.2 Å². The van der Waals surface area contributed by atoms with Crippen LogP contribution in [0.5, 0.6) is 23.0 Å². The lowest BCUT2D eigenvalue weighted by Crippen LogP contribution is -2.18. The average Bonchev–Trinajstić information content (AvgIpc) is 3.82. The van der Waals surface area contributed by atoms with E-state index in [9.17, 15) is 10.2 Å². The highest BCUT2D eigenvalue weighted by Gasteiger charge is 2.26. The van der Waals surface area contributed by atoms with E-state index in [2.05, 4.69) is 108 Å². The minimum atomic E-state index is -0.923. The maximum atomic E-state index is 11.7. The van der Waals surface area contributed by atoms with Crippen molar-refractivity contribution in [2.75, 3.05) is 13.2 Å². The molecule has 2 N–H and O–H groups in total. The minimum absolute atomic E-state index is 0.317. The van der Waals surface area contributed by atoms with E-state index in [4.69, 9.17) is 9.47 Å². The molecule has 0 aliphatic carbocycles. The second-order valence-corrected chi connectivity index (χ2v) is 19.7. The molecule has 8 heteroatoms. The highest BCUT2D eigenvalue weighted by atomic mass is 32.1. The summed E-state index contributed by atoms with van der Waals surface area (Å²) in [5.41, 5.74) is 3.35. The number of hydrogen-bond donors (Lipinski definition) is 2. The van der Waals surface area contributed by atoms with Crippen molar-refractivity contribution < 1.29 is 19.7 Å². The van der Waals surface area contributed by atoms with E-state index in [1.54, 1.807) is 22.7 Å². The van der Waals surface area contributed by atoms with Crippen LogP contribution in [0.2, 0.25) is 0 Å². The van der Waals surface area contributed by atoms with E-state index in [0.29, 0.717) is 24.7 Å². The predicted octanol–water partition coefficient (Wildman–Crippen LogP) is 10.3. The molecule has 0 amide bonds. The number of rotatable bonds is 15. The summed E-state index contributed by atoms with van der Waals surface area (Å²) in [5, 5.41) is 32.4. The van der Waals surface area contributed by atoms with Gasteiger partial charge in [-0.15, -0.1) is 22.7 Å². The van der Waals surface area contributed by atoms with Gasteiger partial charge in [0, 0.05) is 48.9 Å². The molecule has 0 saturated heterocycles. The molecular weight excluding hydrogens is 767 g/mol. The molecule has 0 aliphatic rings. The molecule has 0 spiro atoms. The maximum Gasteiger partial charge on any atom is 0.142 e. The van der Waals surface area contributed by atoms with Crippen molar-refractivity contribution in [3.8, 4) is 45.3 Å². The van der Waals surface area contributed by atoms with Crippen molar-refractivity contribution in [1.29, 1.82) is 0 Å². The van der Waals surface area contributed by atoms with E-state index in [1.165, 1.54) is 21.2 Å². The number of aromatic hydroxyl groups is 2. The largest absolute Gasteiger partial charge is 0.506 e. The average molecular weight is 807 g/mol. The molecule has 0 aliphatic heterocycles. The number of unbranched alkanes of at least 4 members (excludes halogenated alkanes) is 1. The fourth-order valence-electron chi connectivity index (χ4n) is 6.66. The van der Waals surface area contributed by atoms with Crippen LogP contribution in [0.1, 0.15) is 12.8 Å². The standard InChI is InChI=1S/C48H40O4P2S2/c49-45-41(33-55-47(45)53(35-19-5-1-6-20-35)36-21-7-2-8-22-36)39-27-13-15-29-43(39)51-31-17-18-32-52-44-30-16-14-28-40(44)42-34-56-48(46(42)50)54(37-23-9-3-10-24-37)38-25-11-4-12-26-38/h1-16,19-30,33-34,49-50H,17-18,31-32H2. The van der Waals surface area contributed by atoms with Crippen LogP contribution in [0.3, 0.4) is 0 Å². The van der Waals surface area contributed by atoms with Gasteiger partial charge < -0.3 is 19.7 Å². The van der Waals surface area contributed by atoms with E-state index < -0.39 is 15.8 Å². The molecule has 0 unspecified atom stereocenters. The Morgan fingerprint density at radius 2 is 0.679 bits per heavy atom. The monoisotopic (exact) mass is 806 g/mol. The zero-order valence-corrected chi connectivity index (χ0v) is 34.0. The van der Waals surface area contributed by atoms with Gasteiger partial charge in [0.1, 0.15) is 23.0 Å². The second kappa shape index (κ2) is 18.2. The van der Waals surface area contributed by atoms with E-state index in [0.717, 1.165) is 55.8 Å². The molecule has 0 radical (unpaired) electrons.